The van der Waals surface area contributed by atoms with Gasteiger partial charge in [-0.05, 0) is 59.0 Å². The van der Waals surface area contributed by atoms with Gasteiger partial charge < -0.3 is 19.4 Å². The number of nitrogens with one attached hydrogen (secondary N) is 1. The number of hydrazone groups is 1. The van der Waals surface area contributed by atoms with Crippen molar-refractivity contribution in [3.05, 3.63) is 124 Å². The van der Waals surface area contributed by atoms with Crippen LogP contribution in [0.2, 0.25) is 0 Å². The molecule has 46 heavy (non-hydrogen) atoms. The fraction of sp³-hybridized carbons (Fsp3) is 0.206. The van der Waals surface area contributed by atoms with Gasteiger partial charge in [0.15, 0.2) is 11.0 Å². The lowest BCUT2D eigenvalue weighted by Crippen LogP contribution is -2.28. The molecule has 0 saturated carbocycles. The van der Waals surface area contributed by atoms with Gasteiger partial charge in [-0.25, -0.2) is 5.01 Å². The number of carbonyl (C=O) groups is 2. The van der Waals surface area contributed by atoms with Crippen LogP contribution in [0.15, 0.2) is 107 Å². The van der Waals surface area contributed by atoms with Crippen molar-refractivity contribution < 1.29 is 19.1 Å². The van der Waals surface area contributed by atoms with E-state index in [2.05, 4.69) is 15.5 Å². The second-order valence-electron chi connectivity index (χ2n) is 10.4. The number of rotatable bonds is 12. The number of hydrogen-bond acceptors (Lipinski definition) is 9. The largest absolute Gasteiger partial charge is 0.497 e. The molecule has 0 spiro atoms. The highest BCUT2D eigenvalue weighted by Gasteiger charge is 2.33. The predicted molar refractivity (Wildman–Crippen MR) is 179 cm³/mol. The van der Waals surface area contributed by atoms with E-state index < -0.39 is 0 Å². The van der Waals surface area contributed by atoms with Gasteiger partial charge in [-0.1, -0.05) is 60.3 Å². The summed E-state index contributed by atoms with van der Waals surface area (Å²) in [4.78, 5) is 27.7. The summed E-state index contributed by atoms with van der Waals surface area (Å²) in [5, 5.41) is 20.7. The topological polar surface area (TPSA) is 111 Å². The summed E-state index contributed by atoms with van der Waals surface area (Å²) >= 11 is 2.91. The van der Waals surface area contributed by atoms with Gasteiger partial charge in [0.2, 0.25) is 0 Å². The van der Waals surface area contributed by atoms with Gasteiger partial charge in [0.1, 0.15) is 11.5 Å². The van der Waals surface area contributed by atoms with Crippen LogP contribution >= 0.6 is 23.1 Å². The maximum Gasteiger partial charge on any atom is 0.253 e. The highest BCUT2D eigenvalue weighted by molar-refractivity contribution is 7.99. The van der Waals surface area contributed by atoms with Crippen LogP contribution in [-0.4, -0.2) is 57.3 Å². The number of carbonyl (C=O) groups excluding carboxylic acids is 2. The van der Waals surface area contributed by atoms with E-state index in [-0.39, 0.29) is 30.2 Å². The number of benzene rings is 3. The van der Waals surface area contributed by atoms with Crippen molar-refractivity contribution in [2.75, 3.05) is 20.0 Å². The van der Waals surface area contributed by atoms with E-state index in [1.54, 1.807) is 54.8 Å². The van der Waals surface area contributed by atoms with Crippen LogP contribution in [0.1, 0.15) is 44.6 Å². The number of nitrogens with zero attached hydrogens (tertiary/aromatic N) is 5. The smallest absolute Gasteiger partial charge is 0.253 e. The van der Waals surface area contributed by atoms with Crippen LogP contribution in [-0.2, 0) is 17.9 Å². The number of aromatic nitrogens is 3. The molecule has 1 aliphatic rings. The van der Waals surface area contributed by atoms with Crippen LogP contribution in [0, 0.1) is 0 Å². The van der Waals surface area contributed by atoms with Gasteiger partial charge in [0.05, 0.1) is 49.7 Å². The van der Waals surface area contributed by atoms with Gasteiger partial charge in [-0.15, -0.1) is 21.5 Å². The minimum Gasteiger partial charge on any atom is -0.497 e. The van der Waals surface area contributed by atoms with E-state index in [1.807, 2.05) is 76.7 Å². The number of ether oxygens (including phenoxy) is 2. The second kappa shape index (κ2) is 14.4. The molecule has 2 aromatic heterocycles. The quantitative estimate of drug-likeness (QED) is 0.170. The number of thiophene rings is 1. The first-order chi connectivity index (χ1) is 22.5. The molecule has 234 valence electrons. The van der Waals surface area contributed by atoms with Crippen molar-refractivity contribution in [3.8, 4) is 11.5 Å². The molecule has 0 radical (unpaired) electrons. The Morgan fingerprint density at radius 2 is 1.63 bits per heavy atom. The maximum absolute atomic E-state index is 13.8. The Morgan fingerprint density at radius 1 is 0.913 bits per heavy atom. The molecule has 0 unspecified atom stereocenters. The Kier molecular flexibility index (Phi) is 9.75. The maximum atomic E-state index is 13.8. The van der Waals surface area contributed by atoms with Crippen LogP contribution in [0.5, 0.6) is 11.5 Å². The molecule has 1 N–H and O–H groups in total. The van der Waals surface area contributed by atoms with Crippen molar-refractivity contribution >= 4 is 40.6 Å². The highest BCUT2D eigenvalue weighted by Crippen LogP contribution is 2.35. The van der Waals surface area contributed by atoms with E-state index in [4.69, 9.17) is 14.6 Å². The zero-order valence-corrected chi connectivity index (χ0v) is 27.0. The lowest BCUT2D eigenvalue weighted by Gasteiger charge is -2.22. The van der Waals surface area contributed by atoms with Crippen LogP contribution in [0.25, 0.3) is 0 Å². The third kappa shape index (κ3) is 7.13. The molecule has 0 fully saturated rings. The minimum atomic E-state index is -0.237. The first-order valence-corrected chi connectivity index (χ1v) is 16.5. The number of thioether (sulfide) groups is 1. The second-order valence-corrected chi connectivity index (χ2v) is 12.3. The normalized spacial score (nSPS) is 14.2. The Labute approximate surface area is 275 Å². The van der Waals surface area contributed by atoms with Crippen LogP contribution in [0.4, 0.5) is 0 Å². The Hall–Kier alpha value is -4.94. The Balaban J connectivity index is 1.20. The number of amides is 2. The van der Waals surface area contributed by atoms with E-state index in [0.717, 1.165) is 27.5 Å². The molecule has 0 aliphatic carbocycles. The molecule has 6 rings (SSSR count). The van der Waals surface area contributed by atoms with Crippen molar-refractivity contribution in [1.29, 1.82) is 0 Å². The summed E-state index contributed by atoms with van der Waals surface area (Å²) in [6.07, 6.45) is 0.617. The first kappa shape index (κ1) is 31.1. The van der Waals surface area contributed by atoms with Gasteiger partial charge in [-0.2, -0.15) is 5.10 Å². The number of hydrogen-bond donors (Lipinski definition) is 1. The Morgan fingerprint density at radius 3 is 2.30 bits per heavy atom. The highest BCUT2D eigenvalue weighted by atomic mass is 32.2. The summed E-state index contributed by atoms with van der Waals surface area (Å²) in [6.45, 7) is 0.649. The molecule has 2 amide bonds. The average molecular weight is 653 g/mol. The summed E-state index contributed by atoms with van der Waals surface area (Å²) in [7, 11) is 3.21. The molecule has 1 atom stereocenters. The zero-order valence-electron chi connectivity index (χ0n) is 25.3. The van der Waals surface area contributed by atoms with Crippen molar-refractivity contribution in [2.45, 2.75) is 30.7 Å². The van der Waals surface area contributed by atoms with E-state index in [0.29, 0.717) is 35.3 Å². The lowest BCUT2D eigenvalue weighted by atomic mass is 10.0. The summed E-state index contributed by atoms with van der Waals surface area (Å²) in [6, 6.07) is 28.4. The van der Waals surface area contributed by atoms with E-state index in [1.165, 1.54) is 11.8 Å². The molecule has 0 saturated heterocycles. The van der Waals surface area contributed by atoms with Crippen LogP contribution < -0.4 is 14.8 Å². The minimum absolute atomic E-state index is 0.110. The van der Waals surface area contributed by atoms with Gasteiger partial charge in [-0.3, -0.25) is 9.59 Å². The zero-order chi connectivity index (χ0) is 31.9. The fourth-order valence-corrected chi connectivity index (χ4v) is 6.63. The Bertz CT molecular complexity index is 1810. The van der Waals surface area contributed by atoms with Crippen molar-refractivity contribution in [3.63, 3.8) is 0 Å². The van der Waals surface area contributed by atoms with Gasteiger partial charge in [0, 0.05) is 12.0 Å². The standard InChI is InChI=1S/C34H32N6O4S2/c1-43-26-14-10-24(11-15-26)29-19-28(30-9-6-18-45-30)38-40(29)32(41)22-46-34-37-36-31(39(34)21-23-7-4-3-5-8-23)20-35-33(42)25-12-16-27(44-2)17-13-25/h3-18,29H,19-22H2,1-2H3,(H,35,42)/t29-/m1/s1. The molecule has 5 aromatic rings. The van der Waals surface area contributed by atoms with Crippen molar-refractivity contribution in [2.24, 2.45) is 5.10 Å². The fourth-order valence-electron chi connectivity index (χ4n) is 5.10. The third-order valence-electron chi connectivity index (χ3n) is 7.53. The molecule has 10 nitrogen and oxygen atoms in total. The molecule has 3 aromatic carbocycles. The number of methoxy groups -OCH3 is 2. The predicted octanol–water partition coefficient (Wildman–Crippen LogP) is 5.81. The average Bonchev–Trinajstić information content (AvgIpc) is 3.88. The monoisotopic (exact) mass is 652 g/mol. The van der Waals surface area contributed by atoms with Gasteiger partial charge in [0.25, 0.3) is 11.8 Å². The first-order valence-electron chi connectivity index (χ1n) is 14.6. The van der Waals surface area contributed by atoms with Crippen LogP contribution in [0.3, 0.4) is 0 Å². The summed E-state index contributed by atoms with van der Waals surface area (Å²) in [5.41, 5.74) is 3.42. The van der Waals surface area contributed by atoms with E-state index >= 15 is 0 Å². The van der Waals surface area contributed by atoms with Crippen molar-refractivity contribution in [1.82, 2.24) is 25.1 Å². The molecule has 12 heteroatoms. The SMILES string of the molecule is COc1ccc(C(=O)NCc2nnc(SCC(=O)N3N=C(c4cccs4)C[C@@H]3c3ccc(OC)cc3)n2Cc2ccccc2)cc1. The summed E-state index contributed by atoms with van der Waals surface area (Å²) in [5.74, 6) is 1.74. The molecule has 1 aliphatic heterocycles. The molecule has 3 heterocycles. The molecular formula is C34H32N6O4S2. The van der Waals surface area contributed by atoms with Gasteiger partial charge >= 0.3 is 0 Å². The van der Waals surface area contributed by atoms with E-state index in [9.17, 15) is 9.59 Å². The third-order valence-corrected chi connectivity index (χ3v) is 9.40. The molecular weight excluding hydrogens is 621 g/mol. The lowest BCUT2D eigenvalue weighted by molar-refractivity contribution is -0.130. The molecule has 0 bridgehead atoms. The summed E-state index contributed by atoms with van der Waals surface area (Å²) < 4.78 is 12.5.